The monoisotopic (exact) mass is 434 g/mol. The van der Waals surface area contributed by atoms with Crippen molar-refractivity contribution in [2.45, 2.75) is 13.0 Å². The van der Waals surface area contributed by atoms with E-state index >= 15 is 0 Å². The van der Waals surface area contributed by atoms with E-state index < -0.39 is 0 Å². The molecular formula is C23H23N4O3P. The van der Waals surface area contributed by atoms with Crippen molar-refractivity contribution in [3.8, 4) is 35.2 Å². The van der Waals surface area contributed by atoms with Gasteiger partial charge in [-0.2, -0.15) is 0 Å². The van der Waals surface area contributed by atoms with Crippen LogP contribution in [-0.4, -0.2) is 54.8 Å². The van der Waals surface area contributed by atoms with Crippen LogP contribution in [0.15, 0.2) is 29.4 Å². The average Bonchev–Trinajstić information content (AvgIpc) is 3.10. The molecule has 0 spiro atoms. The molecule has 0 saturated carbocycles. The van der Waals surface area contributed by atoms with Crippen LogP contribution in [0.25, 0.3) is 0 Å². The summed E-state index contributed by atoms with van der Waals surface area (Å²) in [7, 11) is 3.74. The van der Waals surface area contributed by atoms with Crippen molar-refractivity contribution in [2.75, 3.05) is 33.6 Å². The molecule has 1 atom stereocenters. The lowest BCUT2D eigenvalue weighted by atomic mass is 10.1. The second kappa shape index (κ2) is 8.76. The van der Waals surface area contributed by atoms with E-state index in [9.17, 15) is 4.79 Å². The summed E-state index contributed by atoms with van der Waals surface area (Å²) >= 11 is 0. The predicted molar refractivity (Wildman–Crippen MR) is 123 cm³/mol. The lowest BCUT2D eigenvalue weighted by Gasteiger charge is -2.39. The van der Waals surface area contributed by atoms with Gasteiger partial charge in [0.15, 0.2) is 0 Å². The molecule has 3 heterocycles. The third-order valence-electron chi connectivity index (χ3n) is 5.25. The number of amidine groups is 1. The zero-order valence-electron chi connectivity index (χ0n) is 17.7. The number of likely N-dealkylation sites (tertiary alicyclic amines) is 1. The second-order valence-corrected chi connectivity index (χ2v) is 8.29. The number of aliphatic imine (C=N–C) groups is 1. The van der Waals surface area contributed by atoms with Crippen LogP contribution in [0, 0.1) is 23.7 Å². The normalized spacial score (nSPS) is 15.6. The third-order valence-corrected chi connectivity index (χ3v) is 6.41. The van der Waals surface area contributed by atoms with Gasteiger partial charge in [0.05, 0.1) is 43.1 Å². The first-order valence-corrected chi connectivity index (χ1v) is 11.0. The van der Waals surface area contributed by atoms with Crippen LogP contribution >= 0.6 is 8.58 Å². The number of nitrogens with zero attached hydrogens (tertiary/aromatic N) is 3. The predicted octanol–water partition coefficient (Wildman–Crippen LogP) is 1.29. The van der Waals surface area contributed by atoms with Crippen molar-refractivity contribution < 1.29 is 14.3 Å². The minimum Gasteiger partial charge on any atom is -0.497 e. The minimum absolute atomic E-state index is 0.129. The molecule has 2 N–H and O–H groups in total. The van der Waals surface area contributed by atoms with E-state index in [0.717, 1.165) is 22.1 Å². The number of carbonyl (C=O) groups excluding carboxylic acids is 1. The number of fused-ring (bicyclic) bond motifs is 1. The summed E-state index contributed by atoms with van der Waals surface area (Å²) in [4.78, 5) is 18.2. The number of hydrogen-bond donors (Lipinski definition) is 1. The molecule has 1 aromatic heterocycles. The Morgan fingerprint density at radius 2 is 1.90 bits per heavy atom. The van der Waals surface area contributed by atoms with Gasteiger partial charge in [-0.3, -0.25) is 9.79 Å². The van der Waals surface area contributed by atoms with Crippen molar-refractivity contribution >= 4 is 25.8 Å². The summed E-state index contributed by atoms with van der Waals surface area (Å²) in [6.45, 7) is 2.94. The van der Waals surface area contributed by atoms with Crippen molar-refractivity contribution in [1.82, 2.24) is 9.47 Å². The number of hydrogen-bond acceptors (Lipinski definition) is 5. The maximum atomic E-state index is 12.0. The lowest BCUT2D eigenvalue weighted by Crippen LogP contribution is -2.51. The van der Waals surface area contributed by atoms with Gasteiger partial charge in [0.1, 0.15) is 17.3 Å². The molecular weight excluding hydrogens is 411 g/mol. The maximum Gasteiger partial charge on any atom is 0.298 e. The fraction of sp³-hybridized carbons (Fsp3) is 0.304. The smallest absolute Gasteiger partial charge is 0.298 e. The molecule has 1 unspecified atom stereocenters. The summed E-state index contributed by atoms with van der Waals surface area (Å²) in [5, 5.41) is 0. The summed E-state index contributed by atoms with van der Waals surface area (Å²) < 4.78 is 12.9. The number of nitrogens with two attached hydrogens (primary N) is 1. The maximum absolute atomic E-state index is 12.0. The highest BCUT2D eigenvalue weighted by Crippen LogP contribution is 2.29. The van der Waals surface area contributed by atoms with Crippen LogP contribution in [0.3, 0.4) is 0 Å². The van der Waals surface area contributed by atoms with Gasteiger partial charge < -0.3 is 24.7 Å². The number of benzene rings is 1. The third kappa shape index (κ3) is 4.10. The Morgan fingerprint density at radius 3 is 2.55 bits per heavy atom. The second-order valence-electron chi connectivity index (χ2n) is 7.14. The summed E-state index contributed by atoms with van der Waals surface area (Å²) in [5.74, 6) is 13.5. The molecule has 8 heteroatoms. The zero-order chi connectivity index (χ0) is 22.0. The van der Waals surface area contributed by atoms with Crippen LogP contribution in [-0.2, 0) is 4.79 Å². The number of amides is 1. The molecule has 4 rings (SSSR count). The molecule has 31 heavy (non-hydrogen) atoms. The first-order chi connectivity index (χ1) is 15.0. The van der Waals surface area contributed by atoms with Gasteiger partial charge in [0, 0.05) is 30.9 Å². The molecule has 0 bridgehead atoms. The summed E-state index contributed by atoms with van der Waals surface area (Å²) in [5.41, 5.74) is 9.92. The van der Waals surface area contributed by atoms with Crippen LogP contribution < -0.4 is 20.6 Å². The molecule has 1 aromatic carbocycles. The Balaban J connectivity index is 1.66. The van der Waals surface area contributed by atoms with Crippen molar-refractivity contribution in [3.05, 3.63) is 41.1 Å². The standard InChI is InChI=1S/C23H23N4O3P/c1-4-5-20(28)26-12-17(13-26)27-11-16(21-22(24)25-14-31-23(21)27)7-6-15-8-18(29-2)10-19(9-15)30-3/h8-11,17,31H,12-14H2,1-3H3,(H2,24,25). The zero-order valence-corrected chi connectivity index (χ0v) is 18.7. The van der Waals surface area contributed by atoms with E-state index in [0.29, 0.717) is 45.3 Å². The molecule has 0 radical (unpaired) electrons. The molecule has 1 saturated heterocycles. The van der Waals surface area contributed by atoms with Gasteiger partial charge in [-0.25, -0.2) is 0 Å². The van der Waals surface area contributed by atoms with Gasteiger partial charge in [-0.05, 0) is 33.6 Å². The minimum atomic E-state index is -0.129. The van der Waals surface area contributed by atoms with E-state index in [4.69, 9.17) is 15.2 Å². The number of aromatic nitrogens is 1. The Hall–Kier alpha value is -3.41. The van der Waals surface area contributed by atoms with Crippen molar-refractivity contribution in [3.63, 3.8) is 0 Å². The van der Waals surface area contributed by atoms with Crippen LogP contribution in [0.5, 0.6) is 11.5 Å². The highest BCUT2D eigenvalue weighted by molar-refractivity contribution is 7.47. The Bertz CT molecular complexity index is 1160. The molecule has 7 nitrogen and oxygen atoms in total. The highest BCUT2D eigenvalue weighted by atomic mass is 31.1. The van der Waals surface area contributed by atoms with E-state index in [1.165, 1.54) is 0 Å². The summed E-state index contributed by atoms with van der Waals surface area (Å²) in [6, 6.07) is 5.73. The molecule has 158 valence electrons. The first-order valence-electron chi connectivity index (χ1n) is 9.79. The fourth-order valence-corrected chi connectivity index (χ4v) is 4.90. The largest absolute Gasteiger partial charge is 0.497 e. The number of rotatable bonds is 3. The van der Waals surface area contributed by atoms with E-state index in [1.807, 2.05) is 24.4 Å². The molecule has 2 aliphatic heterocycles. The van der Waals surface area contributed by atoms with Gasteiger partial charge in [-0.1, -0.05) is 17.8 Å². The van der Waals surface area contributed by atoms with E-state index in [2.05, 4.69) is 33.2 Å². The Kier molecular flexibility index (Phi) is 5.89. The van der Waals surface area contributed by atoms with E-state index in [-0.39, 0.29) is 11.9 Å². The Labute approximate surface area is 183 Å². The molecule has 0 aliphatic carbocycles. The Morgan fingerprint density at radius 1 is 1.19 bits per heavy atom. The quantitative estimate of drug-likeness (QED) is 0.583. The topological polar surface area (TPSA) is 82.1 Å². The molecule has 2 aromatic rings. The molecule has 2 aliphatic rings. The van der Waals surface area contributed by atoms with Gasteiger partial charge >= 0.3 is 0 Å². The van der Waals surface area contributed by atoms with Crippen molar-refractivity contribution in [2.24, 2.45) is 10.7 Å². The summed E-state index contributed by atoms with van der Waals surface area (Å²) in [6.07, 6.45) is 2.72. The SMILES string of the molecule is CC#CC(=O)N1CC(n2cc(C#Cc3cc(OC)cc(OC)c3)c3c2PCN=C3N)C1. The first kappa shape index (κ1) is 20.8. The number of carbonyl (C=O) groups is 1. The van der Waals surface area contributed by atoms with E-state index in [1.54, 1.807) is 26.0 Å². The van der Waals surface area contributed by atoms with Crippen LogP contribution in [0.4, 0.5) is 0 Å². The average molecular weight is 434 g/mol. The highest BCUT2D eigenvalue weighted by Gasteiger charge is 2.34. The fourth-order valence-electron chi connectivity index (χ4n) is 3.63. The van der Waals surface area contributed by atoms with Gasteiger partial charge in [-0.15, -0.1) is 0 Å². The van der Waals surface area contributed by atoms with Gasteiger partial charge in [0.25, 0.3) is 5.91 Å². The van der Waals surface area contributed by atoms with Crippen LogP contribution in [0.2, 0.25) is 0 Å². The molecule has 1 fully saturated rings. The lowest BCUT2D eigenvalue weighted by molar-refractivity contribution is -0.130. The van der Waals surface area contributed by atoms with Crippen LogP contribution in [0.1, 0.15) is 29.7 Å². The van der Waals surface area contributed by atoms with Crippen molar-refractivity contribution in [1.29, 1.82) is 0 Å². The number of ether oxygens (including phenoxy) is 2. The number of methoxy groups -OCH3 is 2. The van der Waals surface area contributed by atoms with Gasteiger partial charge in [0.2, 0.25) is 0 Å². The molecule has 1 amide bonds.